The maximum Gasteiger partial charge on any atom is 0.204 e. The maximum atomic E-state index is 6.38. The van der Waals surface area contributed by atoms with Crippen LogP contribution in [-0.4, -0.2) is 20.5 Å². The third-order valence-electron chi connectivity index (χ3n) is 4.32. The zero-order valence-corrected chi connectivity index (χ0v) is 18.2. The van der Waals surface area contributed by atoms with Crippen LogP contribution in [-0.2, 0) is 6.54 Å². The van der Waals surface area contributed by atoms with Crippen LogP contribution < -0.4 is 0 Å². The van der Waals surface area contributed by atoms with Crippen molar-refractivity contribution < 1.29 is 0 Å². The molecule has 0 atom stereocenters. The standard InChI is InChI=1S/C16H9BrCl2N4.C6H6/c17-16-22-21-14-8-20-15(10-3-1-2-4-12(10)19)11-7-9(18)5-6-13(11)23(14)16;1-2-4-6-5-3-1/h1-7H,8H2;1-6H. The van der Waals surface area contributed by atoms with E-state index in [4.69, 9.17) is 28.2 Å². The Labute approximate surface area is 187 Å². The SMILES string of the molecule is Clc1ccc2c(c1)C(c1ccccc1Cl)=NCc1nnc(Br)n1-2.c1ccccc1. The van der Waals surface area contributed by atoms with Gasteiger partial charge >= 0.3 is 0 Å². The van der Waals surface area contributed by atoms with Gasteiger partial charge in [0.25, 0.3) is 0 Å². The summed E-state index contributed by atoms with van der Waals surface area (Å²) in [6.07, 6.45) is 0. The second-order valence-corrected chi connectivity index (χ2v) is 7.73. The average molecular weight is 486 g/mol. The van der Waals surface area contributed by atoms with E-state index in [0.29, 0.717) is 21.3 Å². The Hall–Kier alpha value is -2.47. The molecule has 1 aromatic heterocycles. The molecular formula is C22H15BrCl2N4. The van der Waals surface area contributed by atoms with Crippen LogP contribution in [0.3, 0.4) is 0 Å². The quantitative estimate of drug-likeness (QED) is 0.314. The molecule has 0 radical (unpaired) electrons. The monoisotopic (exact) mass is 484 g/mol. The lowest BCUT2D eigenvalue weighted by Crippen LogP contribution is -2.08. The highest BCUT2D eigenvalue weighted by atomic mass is 79.9. The number of aliphatic imine (C=N–C) groups is 1. The number of halogens is 3. The first-order valence-electron chi connectivity index (χ1n) is 8.84. The highest BCUT2D eigenvalue weighted by molar-refractivity contribution is 9.10. The summed E-state index contributed by atoms with van der Waals surface area (Å²) in [7, 11) is 0. The Bertz CT molecular complexity index is 1150. The summed E-state index contributed by atoms with van der Waals surface area (Å²) in [5, 5.41) is 9.54. The molecule has 0 aliphatic carbocycles. The second-order valence-electron chi connectivity index (χ2n) is 6.18. The third kappa shape index (κ3) is 4.27. The number of hydrogen-bond acceptors (Lipinski definition) is 3. The summed E-state index contributed by atoms with van der Waals surface area (Å²) in [5.74, 6) is 0.752. The Morgan fingerprint density at radius 1 is 0.793 bits per heavy atom. The van der Waals surface area contributed by atoms with E-state index in [0.717, 1.165) is 28.4 Å². The Kier molecular flexibility index (Phi) is 6.09. The molecule has 3 aromatic carbocycles. The van der Waals surface area contributed by atoms with Crippen LogP contribution in [0.15, 0.2) is 88.6 Å². The average Bonchev–Trinajstić information content (AvgIpc) is 3.03. The van der Waals surface area contributed by atoms with E-state index in [-0.39, 0.29) is 0 Å². The predicted molar refractivity (Wildman–Crippen MR) is 121 cm³/mol. The van der Waals surface area contributed by atoms with E-state index in [2.05, 4.69) is 26.1 Å². The highest BCUT2D eigenvalue weighted by Gasteiger charge is 2.23. The van der Waals surface area contributed by atoms with E-state index in [1.165, 1.54) is 0 Å². The minimum atomic E-state index is 0.408. The van der Waals surface area contributed by atoms with Gasteiger partial charge in [0.15, 0.2) is 5.82 Å². The highest BCUT2D eigenvalue weighted by Crippen LogP contribution is 2.31. The smallest absolute Gasteiger partial charge is 0.204 e. The van der Waals surface area contributed by atoms with Crippen LogP contribution in [0.5, 0.6) is 0 Å². The van der Waals surface area contributed by atoms with Crippen molar-refractivity contribution in [2.24, 2.45) is 4.99 Å². The summed E-state index contributed by atoms with van der Waals surface area (Å²) in [6.45, 7) is 0.408. The minimum Gasteiger partial charge on any atom is -0.276 e. The van der Waals surface area contributed by atoms with Gasteiger partial charge in [-0.15, -0.1) is 10.2 Å². The summed E-state index contributed by atoms with van der Waals surface area (Å²) >= 11 is 16.0. The Morgan fingerprint density at radius 2 is 1.48 bits per heavy atom. The van der Waals surface area contributed by atoms with Crippen molar-refractivity contribution in [3.63, 3.8) is 0 Å². The van der Waals surface area contributed by atoms with Crippen molar-refractivity contribution in [3.05, 3.63) is 111 Å². The number of hydrogen-bond donors (Lipinski definition) is 0. The first-order valence-corrected chi connectivity index (χ1v) is 10.4. The van der Waals surface area contributed by atoms with Gasteiger partial charge in [-0.2, -0.15) is 0 Å². The van der Waals surface area contributed by atoms with Gasteiger partial charge in [-0.05, 0) is 40.2 Å². The van der Waals surface area contributed by atoms with Gasteiger partial charge in [0.1, 0.15) is 6.54 Å². The fourth-order valence-electron chi connectivity index (χ4n) is 3.03. The molecule has 1 aliphatic rings. The fraction of sp³-hybridized carbons (Fsp3) is 0.0455. The van der Waals surface area contributed by atoms with E-state index in [9.17, 15) is 0 Å². The molecular weight excluding hydrogens is 471 g/mol. The largest absolute Gasteiger partial charge is 0.276 e. The van der Waals surface area contributed by atoms with Crippen molar-refractivity contribution in [3.8, 4) is 5.69 Å². The number of nitrogens with zero attached hydrogens (tertiary/aromatic N) is 4. The van der Waals surface area contributed by atoms with Gasteiger partial charge in [-0.25, -0.2) is 0 Å². The van der Waals surface area contributed by atoms with E-state index in [1.54, 1.807) is 0 Å². The van der Waals surface area contributed by atoms with Crippen molar-refractivity contribution in [1.29, 1.82) is 0 Å². The number of fused-ring (bicyclic) bond motifs is 3. The zero-order valence-electron chi connectivity index (χ0n) is 15.1. The van der Waals surface area contributed by atoms with Crippen LogP contribution in [0.1, 0.15) is 17.0 Å². The molecule has 4 nitrogen and oxygen atoms in total. The van der Waals surface area contributed by atoms with Gasteiger partial charge in [0, 0.05) is 21.2 Å². The van der Waals surface area contributed by atoms with Gasteiger partial charge in [-0.1, -0.05) is 77.8 Å². The lowest BCUT2D eigenvalue weighted by atomic mass is 10.0. The molecule has 0 bridgehead atoms. The molecule has 144 valence electrons. The van der Waals surface area contributed by atoms with Gasteiger partial charge in [0.2, 0.25) is 4.73 Å². The van der Waals surface area contributed by atoms with Crippen molar-refractivity contribution in [2.75, 3.05) is 0 Å². The molecule has 0 amide bonds. The van der Waals surface area contributed by atoms with Gasteiger partial charge < -0.3 is 0 Å². The van der Waals surface area contributed by atoms with Crippen LogP contribution >= 0.6 is 39.1 Å². The first kappa shape index (κ1) is 19.8. The molecule has 2 heterocycles. The summed E-state index contributed by atoms with van der Waals surface area (Å²) < 4.78 is 2.56. The Balaban J connectivity index is 0.000000294. The summed E-state index contributed by atoms with van der Waals surface area (Å²) in [4.78, 5) is 4.72. The molecule has 1 aliphatic heterocycles. The zero-order chi connectivity index (χ0) is 20.2. The number of benzene rings is 3. The minimum absolute atomic E-state index is 0.408. The first-order chi connectivity index (χ1) is 14.1. The molecule has 0 N–H and O–H groups in total. The van der Waals surface area contributed by atoms with Crippen LogP contribution in [0.2, 0.25) is 10.0 Å². The van der Waals surface area contributed by atoms with Crippen molar-refractivity contribution in [1.82, 2.24) is 14.8 Å². The van der Waals surface area contributed by atoms with Crippen LogP contribution in [0, 0.1) is 0 Å². The third-order valence-corrected chi connectivity index (χ3v) is 5.40. The Morgan fingerprint density at radius 3 is 2.17 bits per heavy atom. The topological polar surface area (TPSA) is 43.1 Å². The molecule has 0 unspecified atom stereocenters. The molecule has 0 fully saturated rings. The molecule has 0 saturated carbocycles. The number of rotatable bonds is 1. The fourth-order valence-corrected chi connectivity index (χ4v) is 3.90. The lowest BCUT2D eigenvalue weighted by molar-refractivity contribution is 0.866. The van der Waals surface area contributed by atoms with Crippen LogP contribution in [0.4, 0.5) is 0 Å². The predicted octanol–water partition coefficient (Wildman–Crippen LogP) is 6.37. The maximum absolute atomic E-state index is 6.38. The summed E-state index contributed by atoms with van der Waals surface area (Å²) in [6, 6.07) is 25.3. The summed E-state index contributed by atoms with van der Waals surface area (Å²) in [5.41, 5.74) is 3.47. The van der Waals surface area contributed by atoms with E-state index in [1.807, 2.05) is 83.4 Å². The molecule has 0 saturated heterocycles. The molecule has 29 heavy (non-hydrogen) atoms. The number of aromatic nitrogens is 3. The van der Waals surface area contributed by atoms with E-state index < -0.39 is 0 Å². The molecule has 0 spiro atoms. The van der Waals surface area contributed by atoms with Gasteiger partial charge in [0.05, 0.1) is 11.4 Å². The molecule has 5 rings (SSSR count). The van der Waals surface area contributed by atoms with E-state index >= 15 is 0 Å². The molecule has 7 heteroatoms. The van der Waals surface area contributed by atoms with Crippen LogP contribution in [0.25, 0.3) is 5.69 Å². The molecule has 4 aromatic rings. The van der Waals surface area contributed by atoms with Crippen molar-refractivity contribution >= 4 is 44.8 Å². The normalized spacial score (nSPS) is 12.0. The lowest BCUT2D eigenvalue weighted by Gasteiger charge is -2.13. The van der Waals surface area contributed by atoms with Crippen molar-refractivity contribution in [2.45, 2.75) is 6.54 Å². The van der Waals surface area contributed by atoms with Gasteiger partial charge in [-0.3, -0.25) is 9.56 Å². The second kappa shape index (κ2) is 8.91.